The van der Waals surface area contributed by atoms with Crippen LogP contribution in [0.1, 0.15) is 75.3 Å². The van der Waals surface area contributed by atoms with E-state index in [1.165, 1.54) is 44.9 Å². The molecule has 1 saturated heterocycles. The van der Waals surface area contributed by atoms with E-state index in [2.05, 4.69) is 6.92 Å². The average Bonchev–Trinajstić information content (AvgIpc) is 2.71. The summed E-state index contributed by atoms with van der Waals surface area (Å²) in [7, 11) is 1.44. The maximum absolute atomic E-state index is 14.2. The molecule has 1 aromatic carbocycles. The second kappa shape index (κ2) is 10.7. The Hall–Kier alpha value is -1.04. The lowest BCUT2D eigenvalue weighted by Crippen LogP contribution is -2.38. The largest absolute Gasteiger partial charge is 0.380 e. The molecule has 28 heavy (non-hydrogen) atoms. The van der Waals surface area contributed by atoms with Crippen molar-refractivity contribution in [2.75, 3.05) is 20.3 Å². The Morgan fingerprint density at radius 2 is 1.64 bits per heavy atom. The standard InChI is InChI=1S/C23H34F2O3/c1-3-4-5-6-16-13-27-23(28-14-16)18-9-7-17(8-10-18)19-11-21(24)20(15-26-2)22(25)12-19/h11-12,16-18,23H,3-10,13-15H2,1-2H3/t16-,17-,18-,23-. The van der Waals surface area contributed by atoms with Gasteiger partial charge in [0.25, 0.3) is 0 Å². The van der Waals surface area contributed by atoms with Crippen LogP contribution in [0.2, 0.25) is 0 Å². The van der Waals surface area contributed by atoms with Crippen molar-refractivity contribution in [2.24, 2.45) is 11.8 Å². The second-order valence-corrected chi connectivity index (χ2v) is 8.40. The summed E-state index contributed by atoms with van der Waals surface area (Å²) in [6.45, 7) is 3.77. The first-order valence-corrected chi connectivity index (χ1v) is 10.8. The lowest BCUT2D eigenvalue weighted by molar-refractivity contribution is -0.229. The second-order valence-electron chi connectivity index (χ2n) is 8.40. The van der Waals surface area contributed by atoms with Gasteiger partial charge in [0.1, 0.15) is 11.6 Å². The summed E-state index contributed by atoms with van der Waals surface area (Å²) in [4.78, 5) is 0. The van der Waals surface area contributed by atoms with Crippen LogP contribution in [-0.2, 0) is 20.8 Å². The van der Waals surface area contributed by atoms with Gasteiger partial charge in [0.05, 0.1) is 19.8 Å². The summed E-state index contributed by atoms with van der Waals surface area (Å²) < 4.78 is 45.4. The Kier molecular flexibility index (Phi) is 8.24. The first-order valence-electron chi connectivity index (χ1n) is 10.8. The molecule has 2 fully saturated rings. The topological polar surface area (TPSA) is 27.7 Å². The maximum Gasteiger partial charge on any atom is 0.160 e. The Morgan fingerprint density at radius 1 is 1.00 bits per heavy atom. The molecule has 3 nitrogen and oxygen atoms in total. The molecule has 0 bridgehead atoms. The van der Waals surface area contributed by atoms with E-state index in [1.807, 2.05) is 0 Å². The Bertz CT molecular complexity index is 583. The highest BCUT2D eigenvalue weighted by atomic mass is 19.1. The predicted molar refractivity (Wildman–Crippen MR) is 105 cm³/mol. The van der Waals surface area contributed by atoms with E-state index < -0.39 is 11.6 Å². The van der Waals surface area contributed by atoms with Crippen molar-refractivity contribution < 1.29 is 23.0 Å². The van der Waals surface area contributed by atoms with Crippen LogP contribution in [0.5, 0.6) is 0 Å². The maximum atomic E-state index is 14.2. The summed E-state index contributed by atoms with van der Waals surface area (Å²) in [5.74, 6) is 0.0901. The smallest absolute Gasteiger partial charge is 0.160 e. The van der Waals surface area contributed by atoms with E-state index in [9.17, 15) is 8.78 Å². The summed E-state index contributed by atoms with van der Waals surface area (Å²) in [6, 6.07) is 2.97. The van der Waals surface area contributed by atoms with Crippen LogP contribution in [0.15, 0.2) is 12.1 Å². The van der Waals surface area contributed by atoms with Gasteiger partial charge in [-0.05, 0) is 55.7 Å². The fourth-order valence-corrected chi connectivity index (χ4v) is 4.55. The fraction of sp³-hybridized carbons (Fsp3) is 0.739. The number of benzene rings is 1. The first kappa shape index (κ1) is 21.7. The highest BCUT2D eigenvalue weighted by molar-refractivity contribution is 5.28. The molecule has 0 aromatic heterocycles. The molecule has 1 aromatic rings. The van der Waals surface area contributed by atoms with Gasteiger partial charge in [0.15, 0.2) is 6.29 Å². The summed E-state index contributed by atoms with van der Waals surface area (Å²) in [5.41, 5.74) is 0.771. The molecule has 2 aliphatic rings. The minimum Gasteiger partial charge on any atom is -0.380 e. The van der Waals surface area contributed by atoms with Crippen LogP contribution in [0.25, 0.3) is 0 Å². The molecule has 158 valence electrons. The Balaban J connectivity index is 1.47. The molecule has 1 aliphatic heterocycles. The molecule has 0 unspecified atom stereocenters. The highest BCUT2D eigenvalue weighted by Crippen LogP contribution is 2.39. The average molecular weight is 397 g/mol. The summed E-state index contributed by atoms with van der Waals surface area (Å²) in [6.07, 6.45) is 8.61. The van der Waals surface area contributed by atoms with Crippen molar-refractivity contribution in [1.82, 2.24) is 0 Å². The minimum absolute atomic E-state index is 0.0115. The number of ether oxygens (including phenoxy) is 3. The molecule has 0 radical (unpaired) electrons. The van der Waals surface area contributed by atoms with Gasteiger partial charge in [-0.3, -0.25) is 0 Å². The number of methoxy groups -OCH3 is 1. The van der Waals surface area contributed by atoms with E-state index in [-0.39, 0.29) is 24.4 Å². The van der Waals surface area contributed by atoms with Gasteiger partial charge in [0.2, 0.25) is 0 Å². The van der Waals surface area contributed by atoms with Crippen LogP contribution in [0, 0.1) is 23.5 Å². The van der Waals surface area contributed by atoms with E-state index in [4.69, 9.17) is 14.2 Å². The summed E-state index contributed by atoms with van der Waals surface area (Å²) >= 11 is 0. The fourth-order valence-electron chi connectivity index (χ4n) is 4.55. The van der Waals surface area contributed by atoms with E-state index >= 15 is 0 Å². The van der Waals surface area contributed by atoms with Gasteiger partial charge in [-0.25, -0.2) is 8.78 Å². The van der Waals surface area contributed by atoms with Crippen molar-refractivity contribution >= 4 is 0 Å². The number of rotatable bonds is 8. The molecular weight excluding hydrogens is 362 g/mol. The first-order chi connectivity index (χ1) is 13.6. The third kappa shape index (κ3) is 5.52. The molecule has 3 rings (SSSR count). The van der Waals surface area contributed by atoms with Gasteiger partial charge in [-0.2, -0.15) is 0 Å². The normalized spacial score (nSPS) is 28.4. The molecule has 1 heterocycles. The zero-order valence-corrected chi connectivity index (χ0v) is 17.2. The quantitative estimate of drug-likeness (QED) is 0.508. The Labute approximate surface area is 167 Å². The van der Waals surface area contributed by atoms with Gasteiger partial charge < -0.3 is 14.2 Å². The molecular formula is C23H34F2O3. The van der Waals surface area contributed by atoms with E-state index in [0.29, 0.717) is 11.8 Å². The zero-order valence-electron chi connectivity index (χ0n) is 17.2. The molecule has 0 amide bonds. The molecule has 0 atom stereocenters. The van der Waals surface area contributed by atoms with E-state index in [1.54, 1.807) is 0 Å². The van der Waals surface area contributed by atoms with Crippen molar-refractivity contribution in [3.05, 3.63) is 34.9 Å². The number of halogens is 2. The number of unbranched alkanes of at least 4 members (excludes halogenated alkanes) is 2. The Morgan fingerprint density at radius 3 is 2.21 bits per heavy atom. The molecule has 5 heteroatoms. The van der Waals surface area contributed by atoms with Crippen molar-refractivity contribution in [2.45, 2.75) is 77.1 Å². The third-order valence-corrected chi connectivity index (χ3v) is 6.29. The van der Waals surface area contributed by atoms with Gasteiger partial charge in [0, 0.05) is 24.5 Å². The van der Waals surface area contributed by atoms with Crippen LogP contribution in [0.4, 0.5) is 8.78 Å². The van der Waals surface area contributed by atoms with Crippen molar-refractivity contribution in [1.29, 1.82) is 0 Å². The monoisotopic (exact) mass is 396 g/mol. The SMILES string of the molecule is CCCCC[C@H]1CO[C@H]([C@H]2CC[C@H](c3cc(F)c(COC)c(F)c3)CC2)OC1. The molecule has 0 spiro atoms. The lowest BCUT2D eigenvalue weighted by atomic mass is 9.78. The highest BCUT2D eigenvalue weighted by Gasteiger charge is 2.33. The number of hydrogen-bond acceptors (Lipinski definition) is 3. The van der Waals surface area contributed by atoms with Crippen LogP contribution in [0.3, 0.4) is 0 Å². The van der Waals surface area contributed by atoms with Gasteiger partial charge in [-0.1, -0.05) is 26.2 Å². The van der Waals surface area contributed by atoms with Crippen LogP contribution in [-0.4, -0.2) is 26.6 Å². The van der Waals surface area contributed by atoms with Crippen LogP contribution >= 0.6 is 0 Å². The molecule has 1 aliphatic carbocycles. The van der Waals surface area contributed by atoms with Crippen LogP contribution < -0.4 is 0 Å². The van der Waals surface area contributed by atoms with E-state index in [0.717, 1.165) is 44.5 Å². The van der Waals surface area contributed by atoms with Crippen molar-refractivity contribution in [3.63, 3.8) is 0 Å². The third-order valence-electron chi connectivity index (χ3n) is 6.29. The molecule has 1 saturated carbocycles. The van der Waals surface area contributed by atoms with Gasteiger partial charge >= 0.3 is 0 Å². The minimum atomic E-state index is -0.507. The predicted octanol–water partition coefficient (Wildman–Crippen LogP) is 5.95. The lowest BCUT2D eigenvalue weighted by Gasteiger charge is -2.37. The summed E-state index contributed by atoms with van der Waals surface area (Å²) in [5, 5.41) is 0. The van der Waals surface area contributed by atoms with Gasteiger partial charge in [-0.15, -0.1) is 0 Å². The molecule has 0 N–H and O–H groups in total. The number of hydrogen-bond donors (Lipinski definition) is 0. The zero-order chi connectivity index (χ0) is 19.9. The van der Waals surface area contributed by atoms with Crippen molar-refractivity contribution in [3.8, 4) is 0 Å².